The molecular weight excluding hydrogens is 232 g/mol. The predicted molar refractivity (Wildman–Crippen MR) is 82.3 cm³/mol. The molecule has 0 radical (unpaired) electrons. The highest BCUT2D eigenvalue weighted by Crippen LogP contribution is 2.22. The Balaban J connectivity index is 1.98. The van der Waals surface area contributed by atoms with Crippen molar-refractivity contribution < 1.29 is 0 Å². The first kappa shape index (κ1) is 14.5. The molecule has 1 fully saturated rings. The van der Waals surface area contributed by atoms with Gasteiger partial charge in [0.1, 0.15) is 0 Å². The fourth-order valence-electron chi connectivity index (χ4n) is 3.26. The molecule has 1 aliphatic rings. The van der Waals surface area contributed by atoms with E-state index in [1.807, 2.05) is 0 Å². The van der Waals surface area contributed by atoms with Gasteiger partial charge in [0.05, 0.1) is 0 Å². The molecule has 2 N–H and O–H groups in total. The maximum atomic E-state index is 6.41. The lowest BCUT2D eigenvalue weighted by Crippen LogP contribution is -2.39. The zero-order valence-electron chi connectivity index (χ0n) is 12.7. The third-order valence-corrected chi connectivity index (χ3v) is 4.31. The van der Waals surface area contributed by atoms with E-state index >= 15 is 0 Å². The Hall–Kier alpha value is -0.860. The largest absolute Gasteiger partial charge is 0.323 e. The first-order valence-corrected chi connectivity index (χ1v) is 7.64. The number of aryl methyl sites for hydroxylation is 2. The quantitative estimate of drug-likeness (QED) is 0.898. The van der Waals surface area contributed by atoms with Gasteiger partial charge in [0, 0.05) is 19.1 Å². The molecule has 0 aromatic heterocycles. The van der Waals surface area contributed by atoms with Crippen LogP contribution in [0.5, 0.6) is 0 Å². The number of piperidine rings is 1. The van der Waals surface area contributed by atoms with Gasteiger partial charge in [-0.2, -0.15) is 0 Å². The second-order valence-electron chi connectivity index (χ2n) is 6.20. The Morgan fingerprint density at radius 2 is 1.95 bits per heavy atom. The van der Waals surface area contributed by atoms with Crippen LogP contribution in [0.3, 0.4) is 0 Å². The van der Waals surface area contributed by atoms with Crippen molar-refractivity contribution in [2.75, 3.05) is 19.6 Å². The Labute approximate surface area is 118 Å². The molecular formula is C17H28N2. The summed E-state index contributed by atoms with van der Waals surface area (Å²) in [5.74, 6) is 0.875. The van der Waals surface area contributed by atoms with E-state index in [1.165, 1.54) is 49.0 Å². The van der Waals surface area contributed by atoms with Crippen LogP contribution < -0.4 is 5.73 Å². The summed E-state index contributed by atoms with van der Waals surface area (Å²) < 4.78 is 0. The minimum absolute atomic E-state index is 0.147. The standard InChI is InChI=1S/C17H28N2/c1-4-15-6-5-7-19(11-15)12-17(18)16-9-13(2)8-14(3)10-16/h8-10,15,17H,4-7,11-12,18H2,1-3H3. The normalized spacial score (nSPS) is 22.4. The van der Waals surface area contributed by atoms with Crippen LogP contribution in [0, 0.1) is 19.8 Å². The fraction of sp³-hybridized carbons (Fsp3) is 0.647. The second kappa shape index (κ2) is 6.53. The SMILES string of the molecule is CCC1CCCN(CC(N)c2cc(C)cc(C)c2)C1. The number of hydrogen-bond donors (Lipinski definition) is 1. The van der Waals surface area contributed by atoms with E-state index in [1.54, 1.807) is 0 Å². The molecule has 2 rings (SSSR count). The van der Waals surface area contributed by atoms with Crippen molar-refractivity contribution in [2.24, 2.45) is 11.7 Å². The third-order valence-electron chi connectivity index (χ3n) is 4.31. The minimum Gasteiger partial charge on any atom is -0.323 e. The van der Waals surface area contributed by atoms with Crippen molar-refractivity contribution in [3.63, 3.8) is 0 Å². The summed E-state index contributed by atoms with van der Waals surface area (Å²) >= 11 is 0. The van der Waals surface area contributed by atoms with Crippen molar-refractivity contribution in [1.29, 1.82) is 0 Å². The van der Waals surface area contributed by atoms with E-state index in [2.05, 4.69) is 43.9 Å². The number of likely N-dealkylation sites (tertiary alicyclic amines) is 1. The summed E-state index contributed by atoms with van der Waals surface area (Å²) in [7, 11) is 0. The maximum Gasteiger partial charge on any atom is 0.0424 e. The highest BCUT2D eigenvalue weighted by atomic mass is 15.1. The molecule has 1 saturated heterocycles. The number of nitrogens with two attached hydrogens (primary N) is 1. The van der Waals surface area contributed by atoms with Crippen molar-refractivity contribution in [1.82, 2.24) is 4.90 Å². The molecule has 0 saturated carbocycles. The maximum absolute atomic E-state index is 6.41. The monoisotopic (exact) mass is 260 g/mol. The molecule has 1 heterocycles. The Morgan fingerprint density at radius 3 is 2.58 bits per heavy atom. The number of rotatable bonds is 4. The van der Waals surface area contributed by atoms with E-state index in [9.17, 15) is 0 Å². The van der Waals surface area contributed by atoms with Gasteiger partial charge in [-0.25, -0.2) is 0 Å². The van der Waals surface area contributed by atoms with Crippen LogP contribution in [0.2, 0.25) is 0 Å². The first-order chi connectivity index (χ1) is 9.08. The highest BCUT2D eigenvalue weighted by Gasteiger charge is 2.20. The van der Waals surface area contributed by atoms with Crippen molar-refractivity contribution in [2.45, 2.75) is 46.1 Å². The summed E-state index contributed by atoms with van der Waals surface area (Å²) in [6, 6.07) is 6.83. The van der Waals surface area contributed by atoms with Crippen LogP contribution in [0.15, 0.2) is 18.2 Å². The lowest BCUT2D eigenvalue weighted by molar-refractivity contribution is 0.163. The summed E-state index contributed by atoms with van der Waals surface area (Å²) in [5.41, 5.74) is 10.3. The smallest absolute Gasteiger partial charge is 0.0424 e. The summed E-state index contributed by atoms with van der Waals surface area (Å²) in [6.45, 7) is 10.1. The van der Waals surface area contributed by atoms with Crippen molar-refractivity contribution in [3.8, 4) is 0 Å². The van der Waals surface area contributed by atoms with E-state index in [0.717, 1.165) is 12.5 Å². The molecule has 1 aromatic rings. The van der Waals surface area contributed by atoms with Gasteiger partial charge < -0.3 is 10.6 Å². The second-order valence-corrected chi connectivity index (χ2v) is 6.20. The van der Waals surface area contributed by atoms with E-state index in [0.29, 0.717) is 0 Å². The van der Waals surface area contributed by atoms with Gasteiger partial charge in [-0.1, -0.05) is 42.7 Å². The molecule has 106 valence electrons. The van der Waals surface area contributed by atoms with Crippen LogP contribution in [0.25, 0.3) is 0 Å². The van der Waals surface area contributed by atoms with Gasteiger partial charge in [-0.15, -0.1) is 0 Å². The molecule has 2 atom stereocenters. The lowest BCUT2D eigenvalue weighted by Gasteiger charge is -2.34. The van der Waals surface area contributed by atoms with Crippen LogP contribution in [-0.2, 0) is 0 Å². The molecule has 2 nitrogen and oxygen atoms in total. The van der Waals surface area contributed by atoms with Crippen molar-refractivity contribution >= 4 is 0 Å². The molecule has 19 heavy (non-hydrogen) atoms. The zero-order chi connectivity index (χ0) is 13.8. The summed E-state index contributed by atoms with van der Waals surface area (Å²) in [6.07, 6.45) is 4.03. The Morgan fingerprint density at radius 1 is 1.26 bits per heavy atom. The van der Waals surface area contributed by atoms with Crippen LogP contribution >= 0.6 is 0 Å². The van der Waals surface area contributed by atoms with Gasteiger partial charge in [0.2, 0.25) is 0 Å². The zero-order valence-corrected chi connectivity index (χ0v) is 12.7. The molecule has 0 spiro atoms. The van der Waals surface area contributed by atoms with Crippen LogP contribution in [0.4, 0.5) is 0 Å². The minimum atomic E-state index is 0.147. The van der Waals surface area contributed by atoms with Crippen LogP contribution in [0.1, 0.15) is 48.9 Å². The van der Waals surface area contributed by atoms with Gasteiger partial charge in [-0.05, 0) is 44.7 Å². The fourth-order valence-corrected chi connectivity index (χ4v) is 3.26. The molecule has 1 aliphatic heterocycles. The molecule has 2 unspecified atom stereocenters. The van der Waals surface area contributed by atoms with Crippen molar-refractivity contribution in [3.05, 3.63) is 34.9 Å². The molecule has 0 amide bonds. The Bertz CT molecular complexity index is 393. The number of hydrogen-bond acceptors (Lipinski definition) is 2. The Kier molecular flexibility index (Phi) is 5.00. The average Bonchev–Trinajstić information content (AvgIpc) is 2.37. The lowest BCUT2D eigenvalue weighted by atomic mass is 9.94. The topological polar surface area (TPSA) is 29.3 Å². The molecule has 0 bridgehead atoms. The van der Waals surface area contributed by atoms with Gasteiger partial charge in [0.25, 0.3) is 0 Å². The third kappa shape index (κ3) is 4.05. The predicted octanol–water partition coefficient (Wildman–Crippen LogP) is 3.43. The first-order valence-electron chi connectivity index (χ1n) is 7.64. The van der Waals surface area contributed by atoms with E-state index in [-0.39, 0.29) is 6.04 Å². The van der Waals surface area contributed by atoms with Crippen LogP contribution in [-0.4, -0.2) is 24.5 Å². The van der Waals surface area contributed by atoms with Gasteiger partial charge in [-0.3, -0.25) is 0 Å². The summed E-state index contributed by atoms with van der Waals surface area (Å²) in [5, 5.41) is 0. The van der Waals surface area contributed by atoms with E-state index in [4.69, 9.17) is 5.73 Å². The number of nitrogens with zero attached hydrogens (tertiary/aromatic N) is 1. The number of benzene rings is 1. The van der Waals surface area contributed by atoms with Gasteiger partial charge in [0.15, 0.2) is 0 Å². The molecule has 2 heteroatoms. The summed E-state index contributed by atoms with van der Waals surface area (Å²) in [4.78, 5) is 2.56. The highest BCUT2D eigenvalue weighted by molar-refractivity contribution is 5.30. The molecule has 1 aromatic carbocycles. The van der Waals surface area contributed by atoms with E-state index < -0.39 is 0 Å². The molecule has 0 aliphatic carbocycles. The van der Waals surface area contributed by atoms with Gasteiger partial charge >= 0.3 is 0 Å². The average molecular weight is 260 g/mol.